The number of rotatable bonds is 37. The number of hydrogen-bond acceptors (Lipinski definition) is 12. The first-order chi connectivity index (χ1) is 19.9. The Morgan fingerprint density at radius 2 is 0.500 bits per heavy atom. The van der Waals surface area contributed by atoms with Crippen molar-refractivity contribution in [2.45, 2.75) is 32.6 Å². The number of unbranched alkanes of at least 4 members (excludes halogenated alkanes) is 3. The summed E-state index contributed by atoms with van der Waals surface area (Å²) in [6, 6.07) is 0. The van der Waals surface area contributed by atoms with Crippen molar-refractivity contribution < 1.29 is 57.2 Å². The maximum absolute atomic E-state index is 8.57. The first kappa shape index (κ1) is 39.5. The first-order valence-corrected chi connectivity index (χ1v) is 14.9. The van der Waals surface area contributed by atoms with E-state index < -0.39 is 0 Å². The maximum atomic E-state index is 8.57. The largest absolute Gasteiger partial charge is 0.394 e. The fourth-order valence-corrected chi connectivity index (χ4v) is 3.00. The van der Waals surface area contributed by atoms with E-state index in [1.54, 1.807) is 0 Å². The molecule has 0 unspecified atom stereocenters. The zero-order valence-electron chi connectivity index (χ0n) is 25.0. The summed E-state index contributed by atoms with van der Waals surface area (Å²) in [7, 11) is 0. The molecular formula is C28H58O12. The van der Waals surface area contributed by atoms with E-state index >= 15 is 0 Å². The molecule has 12 heteroatoms. The molecule has 0 aromatic heterocycles. The van der Waals surface area contributed by atoms with E-state index in [1.807, 2.05) is 0 Å². The lowest BCUT2D eigenvalue weighted by atomic mass is 10.2. The van der Waals surface area contributed by atoms with Gasteiger partial charge in [-0.3, -0.25) is 0 Å². The summed E-state index contributed by atoms with van der Waals surface area (Å²) in [5.74, 6) is 0. The molecule has 0 fully saturated rings. The van der Waals surface area contributed by atoms with E-state index in [0.29, 0.717) is 139 Å². The lowest BCUT2D eigenvalue weighted by molar-refractivity contribution is -0.0278. The smallest absolute Gasteiger partial charge is 0.0701 e. The van der Waals surface area contributed by atoms with Crippen LogP contribution in [0.2, 0.25) is 0 Å². The van der Waals surface area contributed by atoms with Crippen LogP contribution in [0.25, 0.3) is 0 Å². The van der Waals surface area contributed by atoms with Crippen LogP contribution in [0.15, 0.2) is 0 Å². The van der Waals surface area contributed by atoms with Gasteiger partial charge in [-0.25, -0.2) is 0 Å². The van der Waals surface area contributed by atoms with Crippen molar-refractivity contribution in [3.63, 3.8) is 0 Å². The molecule has 0 spiro atoms. The minimum Gasteiger partial charge on any atom is -0.394 e. The Balaban J connectivity index is 3.01. The zero-order chi connectivity index (χ0) is 28.9. The summed E-state index contributed by atoms with van der Waals surface area (Å²) in [6.07, 6.45) is 4.90. The van der Waals surface area contributed by atoms with Gasteiger partial charge >= 0.3 is 0 Å². The number of hydrogen-bond donors (Lipinski definition) is 1. The van der Waals surface area contributed by atoms with Gasteiger partial charge in [-0.15, -0.1) is 0 Å². The van der Waals surface area contributed by atoms with Crippen LogP contribution < -0.4 is 0 Å². The van der Waals surface area contributed by atoms with Gasteiger partial charge in [0.1, 0.15) is 0 Å². The van der Waals surface area contributed by atoms with Gasteiger partial charge in [0.2, 0.25) is 0 Å². The summed E-state index contributed by atoms with van der Waals surface area (Å²) in [5, 5.41) is 8.57. The molecular weight excluding hydrogens is 528 g/mol. The van der Waals surface area contributed by atoms with Gasteiger partial charge in [-0.2, -0.15) is 0 Å². The molecule has 0 atom stereocenters. The molecule has 0 aliphatic heterocycles. The van der Waals surface area contributed by atoms with Crippen LogP contribution in [0.5, 0.6) is 0 Å². The van der Waals surface area contributed by atoms with Gasteiger partial charge in [-0.05, 0) is 6.42 Å². The average molecular weight is 587 g/mol. The summed E-state index contributed by atoms with van der Waals surface area (Å²) < 4.78 is 59.5. The summed E-state index contributed by atoms with van der Waals surface area (Å²) >= 11 is 0. The molecule has 0 heterocycles. The van der Waals surface area contributed by atoms with E-state index in [1.165, 1.54) is 19.3 Å². The number of aliphatic hydroxyl groups excluding tert-OH is 1. The maximum Gasteiger partial charge on any atom is 0.0701 e. The van der Waals surface area contributed by atoms with Crippen LogP contribution >= 0.6 is 0 Å². The van der Waals surface area contributed by atoms with Gasteiger partial charge in [0.05, 0.1) is 145 Å². The van der Waals surface area contributed by atoms with Crippen LogP contribution in [0, 0.1) is 0 Å². The minimum atomic E-state index is 0.0284. The van der Waals surface area contributed by atoms with Crippen LogP contribution in [0.1, 0.15) is 32.6 Å². The Bertz CT molecular complexity index is 396. The third-order valence-electron chi connectivity index (χ3n) is 5.10. The average Bonchev–Trinajstić information content (AvgIpc) is 2.97. The van der Waals surface area contributed by atoms with Crippen molar-refractivity contribution in [3.05, 3.63) is 0 Å². The molecule has 40 heavy (non-hydrogen) atoms. The lowest BCUT2D eigenvalue weighted by Crippen LogP contribution is -2.15. The molecule has 0 aliphatic rings. The third kappa shape index (κ3) is 37.5. The first-order valence-electron chi connectivity index (χ1n) is 14.9. The van der Waals surface area contributed by atoms with Crippen molar-refractivity contribution >= 4 is 0 Å². The van der Waals surface area contributed by atoms with Crippen molar-refractivity contribution in [1.29, 1.82) is 0 Å². The second-order valence-electron chi connectivity index (χ2n) is 8.52. The Morgan fingerprint density at radius 3 is 0.725 bits per heavy atom. The van der Waals surface area contributed by atoms with E-state index in [0.717, 1.165) is 13.0 Å². The highest BCUT2D eigenvalue weighted by Crippen LogP contribution is 1.98. The molecule has 0 aromatic carbocycles. The van der Waals surface area contributed by atoms with Crippen molar-refractivity contribution in [3.8, 4) is 0 Å². The van der Waals surface area contributed by atoms with Crippen LogP contribution in [-0.4, -0.2) is 157 Å². The highest BCUT2D eigenvalue weighted by Gasteiger charge is 1.96. The van der Waals surface area contributed by atoms with Crippen molar-refractivity contribution in [2.24, 2.45) is 0 Å². The van der Waals surface area contributed by atoms with Gasteiger partial charge < -0.3 is 57.2 Å². The summed E-state index contributed by atoms with van der Waals surface area (Å²) in [4.78, 5) is 0. The Labute approximate surface area is 242 Å². The van der Waals surface area contributed by atoms with Gasteiger partial charge in [0, 0.05) is 6.61 Å². The minimum absolute atomic E-state index is 0.0284. The normalized spacial score (nSPS) is 11.6. The van der Waals surface area contributed by atoms with Gasteiger partial charge in [-0.1, -0.05) is 26.2 Å². The SMILES string of the molecule is CCCCCCOCCOCCOCCOCCOCCOCCOCCOCCOCCOCCOCCO. The van der Waals surface area contributed by atoms with E-state index in [-0.39, 0.29) is 6.61 Å². The van der Waals surface area contributed by atoms with Crippen LogP contribution in [-0.2, 0) is 52.1 Å². The molecule has 0 radical (unpaired) electrons. The number of aliphatic hydroxyl groups is 1. The van der Waals surface area contributed by atoms with E-state index in [9.17, 15) is 0 Å². The molecule has 0 saturated heterocycles. The van der Waals surface area contributed by atoms with Crippen LogP contribution in [0.3, 0.4) is 0 Å². The van der Waals surface area contributed by atoms with E-state index in [2.05, 4.69) is 6.92 Å². The molecule has 0 bridgehead atoms. The lowest BCUT2D eigenvalue weighted by Gasteiger charge is -2.09. The summed E-state index contributed by atoms with van der Waals surface area (Å²) in [6.45, 7) is 14.0. The van der Waals surface area contributed by atoms with Crippen molar-refractivity contribution in [2.75, 3.05) is 152 Å². The Kier molecular flexibility index (Phi) is 38.1. The van der Waals surface area contributed by atoms with Gasteiger partial charge in [0.15, 0.2) is 0 Å². The predicted molar refractivity (Wildman–Crippen MR) is 150 cm³/mol. The highest BCUT2D eigenvalue weighted by molar-refractivity contribution is 4.41. The number of ether oxygens (including phenoxy) is 11. The molecule has 0 aromatic rings. The predicted octanol–water partition coefficient (Wildman–Crippen LogP) is 1.74. The Morgan fingerprint density at radius 1 is 0.275 bits per heavy atom. The molecule has 0 aliphatic carbocycles. The fraction of sp³-hybridized carbons (Fsp3) is 1.00. The molecule has 0 saturated carbocycles. The fourth-order valence-electron chi connectivity index (χ4n) is 3.00. The topological polar surface area (TPSA) is 122 Å². The molecule has 0 amide bonds. The monoisotopic (exact) mass is 586 g/mol. The molecule has 1 N–H and O–H groups in total. The van der Waals surface area contributed by atoms with Gasteiger partial charge in [0.25, 0.3) is 0 Å². The molecule has 0 rings (SSSR count). The molecule has 12 nitrogen and oxygen atoms in total. The van der Waals surface area contributed by atoms with E-state index in [4.69, 9.17) is 57.2 Å². The van der Waals surface area contributed by atoms with Crippen LogP contribution in [0.4, 0.5) is 0 Å². The highest BCUT2D eigenvalue weighted by atomic mass is 16.6. The zero-order valence-corrected chi connectivity index (χ0v) is 25.0. The van der Waals surface area contributed by atoms with Crippen molar-refractivity contribution in [1.82, 2.24) is 0 Å². The standard InChI is InChI=1S/C28H58O12/c1-2-3-4-5-7-30-9-11-32-13-15-34-17-19-36-21-23-38-25-27-40-28-26-39-24-22-37-20-18-35-16-14-33-12-10-31-8-6-29/h29H,2-28H2,1H3. The molecule has 242 valence electrons. The Hall–Kier alpha value is -0.480. The second-order valence-corrected chi connectivity index (χ2v) is 8.52. The third-order valence-corrected chi connectivity index (χ3v) is 5.10. The summed E-state index contributed by atoms with van der Waals surface area (Å²) in [5.41, 5.74) is 0. The second kappa shape index (κ2) is 38.5. The quantitative estimate of drug-likeness (QED) is 0.107.